The highest BCUT2D eigenvalue weighted by Gasteiger charge is 2.28. The fourth-order valence-electron chi connectivity index (χ4n) is 2.34. The van der Waals surface area contributed by atoms with E-state index in [9.17, 15) is 5.11 Å². The standard InChI is InChI=1S/C13H18N4O4/c1-8-11(4-18)21-12(5-19-7-20-8)9-2-3-10-13(14)15-6-16-17(9)10/h2-3,6,8,11-12,18H,4-5,7H2,1H3,(H2,14,15,16)/t8-,11+,12?/m0/s1. The van der Waals surface area contributed by atoms with Gasteiger partial charge in [0.15, 0.2) is 5.82 Å². The summed E-state index contributed by atoms with van der Waals surface area (Å²) < 4.78 is 18.4. The van der Waals surface area contributed by atoms with Crippen molar-refractivity contribution in [1.82, 2.24) is 14.6 Å². The molecule has 1 aliphatic heterocycles. The molecule has 114 valence electrons. The van der Waals surface area contributed by atoms with E-state index in [-0.39, 0.29) is 25.6 Å². The summed E-state index contributed by atoms with van der Waals surface area (Å²) in [5.41, 5.74) is 7.34. The molecule has 1 fully saturated rings. The van der Waals surface area contributed by atoms with Gasteiger partial charge in [0.2, 0.25) is 0 Å². The minimum Gasteiger partial charge on any atom is -0.394 e. The van der Waals surface area contributed by atoms with Gasteiger partial charge < -0.3 is 25.1 Å². The van der Waals surface area contributed by atoms with Crippen LogP contribution in [0.15, 0.2) is 18.5 Å². The van der Waals surface area contributed by atoms with Gasteiger partial charge in [0.25, 0.3) is 0 Å². The molecule has 0 radical (unpaired) electrons. The lowest BCUT2D eigenvalue weighted by atomic mass is 10.2. The van der Waals surface area contributed by atoms with E-state index in [1.807, 2.05) is 19.1 Å². The molecule has 3 atom stereocenters. The van der Waals surface area contributed by atoms with Crippen LogP contribution < -0.4 is 5.73 Å². The second-order valence-electron chi connectivity index (χ2n) is 4.91. The van der Waals surface area contributed by atoms with Crippen LogP contribution in [0.2, 0.25) is 0 Å². The average Bonchev–Trinajstić information content (AvgIpc) is 2.89. The molecule has 8 nitrogen and oxygen atoms in total. The lowest BCUT2D eigenvalue weighted by molar-refractivity contribution is -0.204. The summed E-state index contributed by atoms with van der Waals surface area (Å²) in [6, 6.07) is 3.70. The molecule has 3 rings (SSSR count). The Labute approximate surface area is 121 Å². The van der Waals surface area contributed by atoms with Gasteiger partial charge in [-0.1, -0.05) is 0 Å². The molecular formula is C13H18N4O4. The molecule has 1 unspecified atom stereocenters. The molecule has 8 heteroatoms. The van der Waals surface area contributed by atoms with Gasteiger partial charge in [0.05, 0.1) is 25.0 Å². The molecule has 3 N–H and O–H groups in total. The summed E-state index contributed by atoms with van der Waals surface area (Å²) in [5.74, 6) is 0.401. The Morgan fingerprint density at radius 3 is 3.14 bits per heavy atom. The van der Waals surface area contributed by atoms with Crippen molar-refractivity contribution in [1.29, 1.82) is 0 Å². The fourth-order valence-corrected chi connectivity index (χ4v) is 2.34. The topological polar surface area (TPSA) is 104 Å². The van der Waals surface area contributed by atoms with Crippen LogP contribution in [0.3, 0.4) is 0 Å². The van der Waals surface area contributed by atoms with Crippen molar-refractivity contribution in [3.05, 3.63) is 24.2 Å². The van der Waals surface area contributed by atoms with Crippen molar-refractivity contribution in [2.24, 2.45) is 0 Å². The van der Waals surface area contributed by atoms with Crippen LogP contribution in [0.1, 0.15) is 18.7 Å². The first-order chi connectivity index (χ1) is 10.2. The summed E-state index contributed by atoms with van der Waals surface area (Å²) in [5, 5.41) is 13.7. The van der Waals surface area contributed by atoms with E-state index in [1.165, 1.54) is 6.33 Å². The molecule has 0 aromatic carbocycles. The quantitative estimate of drug-likeness (QED) is 0.810. The maximum atomic E-state index is 9.45. The van der Waals surface area contributed by atoms with Gasteiger partial charge in [0, 0.05) is 0 Å². The maximum Gasteiger partial charge on any atom is 0.151 e. The molecule has 0 spiro atoms. The number of aromatic nitrogens is 3. The van der Waals surface area contributed by atoms with Crippen molar-refractivity contribution in [3.8, 4) is 0 Å². The molecule has 2 aromatic heterocycles. The van der Waals surface area contributed by atoms with E-state index in [1.54, 1.807) is 4.52 Å². The van der Waals surface area contributed by atoms with Crippen LogP contribution in [0.25, 0.3) is 5.52 Å². The van der Waals surface area contributed by atoms with Crippen LogP contribution in [0.5, 0.6) is 0 Å². The summed E-state index contributed by atoms with van der Waals surface area (Å²) >= 11 is 0. The van der Waals surface area contributed by atoms with Gasteiger partial charge >= 0.3 is 0 Å². The zero-order chi connectivity index (χ0) is 14.8. The second kappa shape index (κ2) is 5.94. The van der Waals surface area contributed by atoms with Crippen molar-refractivity contribution >= 4 is 11.3 Å². The van der Waals surface area contributed by atoms with Crippen LogP contribution in [-0.4, -0.2) is 51.9 Å². The van der Waals surface area contributed by atoms with Crippen molar-refractivity contribution < 1.29 is 19.3 Å². The lowest BCUT2D eigenvalue weighted by Crippen LogP contribution is -2.37. The minimum absolute atomic E-state index is 0.127. The molecule has 3 heterocycles. The second-order valence-corrected chi connectivity index (χ2v) is 4.91. The largest absolute Gasteiger partial charge is 0.394 e. The summed E-state index contributed by atoms with van der Waals surface area (Å²) in [4.78, 5) is 3.96. The summed E-state index contributed by atoms with van der Waals surface area (Å²) in [7, 11) is 0. The van der Waals surface area contributed by atoms with Crippen molar-refractivity contribution in [3.63, 3.8) is 0 Å². The molecular weight excluding hydrogens is 276 g/mol. The highest BCUT2D eigenvalue weighted by atomic mass is 16.7. The molecule has 2 aromatic rings. The normalized spacial score (nSPS) is 27.4. The molecule has 0 bridgehead atoms. The zero-order valence-electron chi connectivity index (χ0n) is 11.7. The number of nitrogens with two attached hydrogens (primary N) is 1. The Kier molecular flexibility index (Phi) is 4.02. The van der Waals surface area contributed by atoms with Crippen LogP contribution in [-0.2, 0) is 14.2 Å². The number of ether oxygens (including phenoxy) is 3. The Balaban J connectivity index is 1.94. The van der Waals surface area contributed by atoms with Gasteiger partial charge in [-0.2, -0.15) is 5.10 Å². The van der Waals surface area contributed by atoms with Crippen LogP contribution >= 0.6 is 0 Å². The average molecular weight is 294 g/mol. The zero-order valence-corrected chi connectivity index (χ0v) is 11.7. The number of aliphatic hydroxyl groups excluding tert-OH is 1. The van der Waals surface area contributed by atoms with Gasteiger partial charge in [-0.15, -0.1) is 0 Å². The number of hydrogen-bond acceptors (Lipinski definition) is 7. The van der Waals surface area contributed by atoms with Crippen molar-refractivity contribution in [2.45, 2.75) is 25.2 Å². The third-order valence-corrected chi connectivity index (χ3v) is 3.57. The predicted octanol–water partition coefficient (Wildman–Crippen LogP) is 0.123. The Morgan fingerprint density at radius 1 is 1.48 bits per heavy atom. The summed E-state index contributed by atoms with van der Waals surface area (Å²) in [6.45, 7) is 2.18. The van der Waals surface area contributed by atoms with E-state index < -0.39 is 6.10 Å². The number of anilines is 1. The molecule has 1 saturated heterocycles. The SMILES string of the molecule is C[C@@H]1OCOCC(c2ccc3c(N)ncnn23)O[C@@H]1CO. The molecule has 21 heavy (non-hydrogen) atoms. The maximum absolute atomic E-state index is 9.45. The highest BCUT2D eigenvalue weighted by molar-refractivity contribution is 5.65. The number of hydrogen-bond donors (Lipinski definition) is 2. The van der Waals surface area contributed by atoms with E-state index in [0.29, 0.717) is 17.9 Å². The van der Waals surface area contributed by atoms with Gasteiger partial charge in [-0.25, -0.2) is 9.50 Å². The first-order valence-corrected chi connectivity index (χ1v) is 6.74. The molecule has 0 amide bonds. The minimum atomic E-state index is -0.427. The number of fused-ring (bicyclic) bond motifs is 1. The third-order valence-electron chi connectivity index (χ3n) is 3.57. The lowest BCUT2D eigenvalue weighted by Gasteiger charge is -2.30. The predicted molar refractivity (Wildman–Crippen MR) is 73.5 cm³/mol. The van der Waals surface area contributed by atoms with Crippen LogP contribution in [0, 0.1) is 0 Å². The number of aliphatic hydroxyl groups is 1. The first kappa shape index (κ1) is 14.2. The fraction of sp³-hybridized carbons (Fsp3) is 0.538. The molecule has 1 aliphatic rings. The Hall–Kier alpha value is -1.74. The number of rotatable bonds is 2. The third kappa shape index (κ3) is 2.70. The van der Waals surface area contributed by atoms with E-state index in [2.05, 4.69) is 10.1 Å². The monoisotopic (exact) mass is 294 g/mol. The van der Waals surface area contributed by atoms with Crippen molar-refractivity contribution in [2.75, 3.05) is 25.7 Å². The molecule has 0 aliphatic carbocycles. The van der Waals surface area contributed by atoms with Gasteiger partial charge in [-0.3, -0.25) is 0 Å². The number of nitrogens with zero attached hydrogens (tertiary/aromatic N) is 3. The Bertz CT molecular complexity index is 617. The number of nitrogen functional groups attached to an aromatic ring is 1. The Morgan fingerprint density at radius 2 is 2.33 bits per heavy atom. The van der Waals surface area contributed by atoms with E-state index >= 15 is 0 Å². The van der Waals surface area contributed by atoms with Gasteiger partial charge in [-0.05, 0) is 19.1 Å². The smallest absolute Gasteiger partial charge is 0.151 e. The van der Waals surface area contributed by atoms with E-state index in [4.69, 9.17) is 19.9 Å². The van der Waals surface area contributed by atoms with E-state index in [0.717, 1.165) is 5.69 Å². The first-order valence-electron chi connectivity index (χ1n) is 6.74. The molecule has 0 saturated carbocycles. The highest BCUT2D eigenvalue weighted by Crippen LogP contribution is 2.26. The van der Waals surface area contributed by atoms with Gasteiger partial charge in [0.1, 0.15) is 30.8 Å². The van der Waals surface area contributed by atoms with Crippen LogP contribution in [0.4, 0.5) is 5.82 Å². The summed E-state index contributed by atoms with van der Waals surface area (Å²) in [6.07, 6.45) is 0.336.